The van der Waals surface area contributed by atoms with Crippen LogP contribution in [0.15, 0.2) is 158 Å². The second-order valence-electron chi connectivity index (χ2n) is 11.4. The summed E-state index contributed by atoms with van der Waals surface area (Å²) in [5.41, 5.74) is 7.77. The van der Waals surface area contributed by atoms with Crippen molar-refractivity contribution < 1.29 is 0 Å². The number of rotatable bonds is 3. The van der Waals surface area contributed by atoms with Crippen LogP contribution in [0.4, 0.5) is 0 Å². The summed E-state index contributed by atoms with van der Waals surface area (Å²) in [5, 5.41) is 11.1. The lowest BCUT2D eigenvalue weighted by Gasteiger charge is -2.19. The molecule has 44 heavy (non-hydrogen) atoms. The van der Waals surface area contributed by atoms with Crippen molar-refractivity contribution in [3.63, 3.8) is 0 Å². The molecule has 9 aromatic rings. The molecule has 7 aromatic carbocycles. The van der Waals surface area contributed by atoms with Crippen molar-refractivity contribution in [2.45, 2.75) is 0 Å². The van der Waals surface area contributed by atoms with Crippen LogP contribution in [-0.2, 0) is 0 Å². The van der Waals surface area contributed by atoms with Crippen molar-refractivity contribution >= 4 is 54.0 Å². The zero-order chi connectivity index (χ0) is 29.0. The minimum Gasteiger partial charge on any atom is -0.256 e. The summed E-state index contributed by atoms with van der Waals surface area (Å²) in [5.74, 6) is 0. The first-order valence-electron chi connectivity index (χ1n) is 15.0. The molecule has 0 aliphatic heterocycles. The van der Waals surface area contributed by atoms with E-state index < -0.39 is 0 Å². The van der Waals surface area contributed by atoms with E-state index in [0.717, 1.165) is 27.7 Å². The largest absolute Gasteiger partial charge is 0.256 e. The minimum absolute atomic E-state index is 0.917. The second kappa shape index (κ2) is 9.86. The van der Waals surface area contributed by atoms with Gasteiger partial charge in [0, 0.05) is 28.9 Å². The Morgan fingerprint density at radius 1 is 0.341 bits per heavy atom. The molecular weight excluding hydrogens is 532 g/mol. The summed E-state index contributed by atoms with van der Waals surface area (Å²) in [6.07, 6.45) is 3.93. The highest BCUT2D eigenvalue weighted by Crippen LogP contribution is 2.46. The fourth-order valence-corrected chi connectivity index (χ4v) is 6.91. The number of fused-ring (bicyclic) bond motifs is 6. The van der Waals surface area contributed by atoms with E-state index in [1.54, 1.807) is 0 Å². The van der Waals surface area contributed by atoms with E-state index in [2.05, 4.69) is 132 Å². The molecule has 0 spiro atoms. The molecule has 0 aliphatic carbocycles. The Balaban J connectivity index is 1.30. The third-order valence-corrected chi connectivity index (χ3v) is 8.91. The van der Waals surface area contributed by atoms with E-state index in [-0.39, 0.29) is 0 Å². The Morgan fingerprint density at radius 2 is 0.886 bits per heavy atom. The topological polar surface area (TPSA) is 25.8 Å². The average Bonchev–Trinajstić information content (AvgIpc) is 3.10. The number of hydrogen-bond donors (Lipinski definition) is 0. The Hall–Kier alpha value is -5.86. The SMILES string of the molecule is c1ccc2ncc(-c3ccc(-c4c5ccccc5c(-c5cc6ccccc6c6ccccc56)c5ccccc45)cn3)cc2c1. The summed E-state index contributed by atoms with van der Waals surface area (Å²) >= 11 is 0. The number of benzene rings is 7. The van der Waals surface area contributed by atoms with Crippen molar-refractivity contribution in [1.29, 1.82) is 0 Å². The van der Waals surface area contributed by atoms with Crippen LogP contribution in [0.3, 0.4) is 0 Å². The van der Waals surface area contributed by atoms with Gasteiger partial charge < -0.3 is 0 Å². The zero-order valence-corrected chi connectivity index (χ0v) is 23.9. The highest BCUT2D eigenvalue weighted by atomic mass is 14.7. The molecule has 0 fully saturated rings. The lowest BCUT2D eigenvalue weighted by molar-refractivity contribution is 1.31. The molecule has 0 aliphatic rings. The summed E-state index contributed by atoms with van der Waals surface area (Å²) < 4.78 is 0. The van der Waals surface area contributed by atoms with Gasteiger partial charge in [0.15, 0.2) is 0 Å². The number of para-hydroxylation sites is 1. The first-order chi connectivity index (χ1) is 21.8. The maximum atomic E-state index is 4.96. The summed E-state index contributed by atoms with van der Waals surface area (Å²) in [6.45, 7) is 0. The smallest absolute Gasteiger partial charge is 0.0718 e. The van der Waals surface area contributed by atoms with Gasteiger partial charge in [-0.3, -0.25) is 9.97 Å². The lowest BCUT2D eigenvalue weighted by Crippen LogP contribution is -1.93. The lowest BCUT2D eigenvalue weighted by atomic mass is 9.84. The summed E-state index contributed by atoms with van der Waals surface area (Å²) in [6, 6.07) is 52.2. The predicted molar refractivity (Wildman–Crippen MR) is 186 cm³/mol. The molecule has 0 N–H and O–H groups in total. The van der Waals surface area contributed by atoms with E-state index in [1.165, 1.54) is 59.8 Å². The standard InChI is InChI=1S/C42H26N2/c1-3-13-31-27(11-1)24-38(33-15-5-4-14-32(31)33)42-36-18-8-6-16-34(36)41(35-17-7-9-19-37(35)42)29-21-22-40(43-25-29)30-23-28-12-2-10-20-39(28)44-26-30/h1-26H. The number of pyridine rings is 2. The number of nitrogens with zero attached hydrogens (tertiary/aromatic N) is 2. The third-order valence-electron chi connectivity index (χ3n) is 8.91. The molecule has 0 radical (unpaired) electrons. The maximum absolute atomic E-state index is 4.96. The van der Waals surface area contributed by atoms with Gasteiger partial charge in [-0.2, -0.15) is 0 Å². The molecule has 9 rings (SSSR count). The quantitative estimate of drug-likeness (QED) is 0.159. The molecule has 0 saturated carbocycles. The van der Waals surface area contributed by atoms with Crippen molar-refractivity contribution in [3.05, 3.63) is 158 Å². The molecule has 0 saturated heterocycles. The third kappa shape index (κ3) is 3.82. The fourth-order valence-electron chi connectivity index (χ4n) is 6.91. The van der Waals surface area contributed by atoms with Gasteiger partial charge in [-0.1, -0.05) is 121 Å². The highest BCUT2D eigenvalue weighted by molar-refractivity contribution is 6.25. The van der Waals surface area contributed by atoms with Gasteiger partial charge in [0.25, 0.3) is 0 Å². The molecule has 2 heteroatoms. The van der Waals surface area contributed by atoms with Crippen molar-refractivity contribution in [2.75, 3.05) is 0 Å². The number of aromatic nitrogens is 2. The Labute approximate surface area is 254 Å². The molecule has 2 aromatic heterocycles. The molecule has 0 unspecified atom stereocenters. The van der Waals surface area contributed by atoms with Gasteiger partial charge in [-0.15, -0.1) is 0 Å². The van der Waals surface area contributed by atoms with Gasteiger partial charge >= 0.3 is 0 Å². The average molecular weight is 559 g/mol. The van der Waals surface area contributed by atoms with Crippen molar-refractivity contribution in [3.8, 4) is 33.5 Å². The van der Waals surface area contributed by atoms with E-state index in [9.17, 15) is 0 Å². The number of hydrogen-bond acceptors (Lipinski definition) is 2. The Morgan fingerprint density at radius 3 is 1.57 bits per heavy atom. The van der Waals surface area contributed by atoms with E-state index in [0.29, 0.717) is 0 Å². The maximum Gasteiger partial charge on any atom is 0.0718 e. The molecule has 2 heterocycles. The van der Waals surface area contributed by atoms with Gasteiger partial charge in [0.1, 0.15) is 0 Å². The Bertz CT molecular complexity index is 2490. The van der Waals surface area contributed by atoms with E-state index >= 15 is 0 Å². The van der Waals surface area contributed by atoms with Crippen LogP contribution in [0.2, 0.25) is 0 Å². The first-order valence-corrected chi connectivity index (χ1v) is 15.0. The molecule has 0 amide bonds. The van der Waals surface area contributed by atoms with E-state index in [4.69, 9.17) is 4.98 Å². The molecule has 204 valence electrons. The van der Waals surface area contributed by atoms with Crippen LogP contribution in [0.25, 0.3) is 87.5 Å². The molecular formula is C42H26N2. The fraction of sp³-hybridized carbons (Fsp3) is 0. The van der Waals surface area contributed by atoms with Gasteiger partial charge in [-0.05, 0) is 84.0 Å². The first kappa shape index (κ1) is 24.7. The van der Waals surface area contributed by atoms with Crippen LogP contribution in [0.5, 0.6) is 0 Å². The van der Waals surface area contributed by atoms with Crippen molar-refractivity contribution in [2.24, 2.45) is 0 Å². The Kier molecular flexibility index (Phi) is 5.54. The molecule has 0 bridgehead atoms. The van der Waals surface area contributed by atoms with Crippen LogP contribution in [0, 0.1) is 0 Å². The van der Waals surface area contributed by atoms with Gasteiger partial charge in [0.2, 0.25) is 0 Å². The zero-order valence-electron chi connectivity index (χ0n) is 23.9. The monoisotopic (exact) mass is 558 g/mol. The summed E-state index contributed by atoms with van der Waals surface area (Å²) in [4.78, 5) is 9.62. The van der Waals surface area contributed by atoms with Crippen molar-refractivity contribution in [1.82, 2.24) is 9.97 Å². The normalized spacial score (nSPS) is 11.6. The van der Waals surface area contributed by atoms with E-state index in [1.807, 2.05) is 30.6 Å². The van der Waals surface area contributed by atoms with Crippen LogP contribution in [0.1, 0.15) is 0 Å². The van der Waals surface area contributed by atoms with Gasteiger partial charge in [-0.25, -0.2) is 0 Å². The van der Waals surface area contributed by atoms with Crippen LogP contribution in [-0.4, -0.2) is 9.97 Å². The second-order valence-corrected chi connectivity index (χ2v) is 11.4. The predicted octanol–water partition coefficient (Wildman–Crippen LogP) is 11.2. The molecule has 0 atom stereocenters. The minimum atomic E-state index is 0.917. The summed E-state index contributed by atoms with van der Waals surface area (Å²) in [7, 11) is 0. The molecule has 2 nitrogen and oxygen atoms in total. The highest BCUT2D eigenvalue weighted by Gasteiger charge is 2.19. The van der Waals surface area contributed by atoms with Crippen LogP contribution >= 0.6 is 0 Å². The van der Waals surface area contributed by atoms with Gasteiger partial charge in [0.05, 0.1) is 11.2 Å². The van der Waals surface area contributed by atoms with Crippen LogP contribution < -0.4 is 0 Å².